The summed E-state index contributed by atoms with van der Waals surface area (Å²) >= 11 is 0. The van der Waals surface area contributed by atoms with Gasteiger partial charge in [-0.1, -0.05) is 32.1 Å². The molecule has 0 spiro atoms. The van der Waals surface area contributed by atoms with Crippen LogP contribution in [0, 0.1) is 0 Å². The Labute approximate surface area is 105 Å². The number of rotatable bonds is 3. The van der Waals surface area contributed by atoms with Crippen molar-refractivity contribution in [2.45, 2.75) is 51.0 Å². The quantitative estimate of drug-likeness (QED) is 0.831. The molecule has 0 aromatic heterocycles. The van der Waals surface area contributed by atoms with Gasteiger partial charge in [0.2, 0.25) is 5.91 Å². The van der Waals surface area contributed by atoms with E-state index in [9.17, 15) is 4.79 Å². The molecule has 0 saturated heterocycles. The van der Waals surface area contributed by atoms with Gasteiger partial charge in [0.25, 0.3) is 0 Å². The van der Waals surface area contributed by atoms with Crippen LogP contribution < -0.4 is 5.32 Å². The van der Waals surface area contributed by atoms with Crippen LogP contribution in [0.1, 0.15) is 44.9 Å². The van der Waals surface area contributed by atoms with Crippen LogP contribution in [0.5, 0.6) is 0 Å². The number of carbonyl (C=O) groups excluding carboxylic acids is 1. The van der Waals surface area contributed by atoms with Crippen molar-refractivity contribution in [3.05, 3.63) is 0 Å². The highest BCUT2D eigenvalue weighted by molar-refractivity contribution is 5.85. The van der Waals surface area contributed by atoms with E-state index in [-0.39, 0.29) is 18.3 Å². The summed E-state index contributed by atoms with van der Waals surface area (Å²) in [5, 5.41) is 2.92. The molecule has 96 valence electrons. The molecule has 1 aliphatic carbocycles. The molecule has 0 aromatic carbocycles. The van der Waals surface area contributed by atoms with E-state index in [1.807, 2.05) is 19.0 Å². The minimum Gasteiger partial charge on any atom is -0.342 e. The normalized spacial score (nSPS) is 18.1. The number of hydrogen-bond donors (Lipinski definition) is 1. The van der Waals surface area contributed by atoms with Crippen LogP contribution in [0.2, 0.25) is 0 Å². The van der Waals surface area contributed by atoms with Crippen LogP contribution in [0.4, 0.5) is 0 Å². The lowest BCUT2D eigenvalue weighted by Crippen LogP contribution is -2.41. The summed E-state index contributed by atoms with van der Waals surface area (Å²) in [4.78, 5) is 13.7. The first-order valence-corrected chi connectivity index (χ1v) is 6.16. The first kappa shape index (κ1) is 15.7. The zero-order valence-electron chi connectivity index (χ0n) is 10.5. The summed E-state index contributed by atoms with van der Waals surface area (Å²) in [7, 11) is 3.77. The van der Waals surface area contributed by atoms with Gasteiger partial charge in [-0.15, -0.1) is 12.4 Å². The van der Waals surface area contributed by atoms with Crippen LogP contribution in [0.3, 0.4) is 0 Å². The van der Waals surface area contributed by atoms with Crippen molar-refractivity contribution < 1.29 is 4.79 Å². The largest absolute Gasteiger partial charge is 0.342 e. The molecule has 1 saturated carbocycles. The summed E-state index contributed by atoms with van der Waals surface area (Å²) < 4.78 is 0. The number of likely N-dealkylation sites (N-methyl/N-ethyl adjacent to an activating group) is 2. The number of hydrogen-bond acceptors (Lipinski definition) is 2. The van der Waals surface area contributed by atoms with Gasteiger partial charge in [0.1, 0.15) is 0 Å². The predicted molar refractivity (Wildman–Crippen MR) is 70.1 cm³/mol. The van der Waals surface area contributed by atoms with Crippen molar-refractivity contribution >= 4 is 18.3 Å². The minimum atomic E-state index is 0. The van der Waals surface area contributed by atoms with Crippen molar-refractivity contribution in [1.82, 2.24) is 10.2 Å². The summed E-state index contributed by atoms with van der Waals surface area (Å²) in [5.74, 6) is 0.225. The molecule has 0 aromatic rings. The van der Waals surface area contributed by atoms with Crippen molar-refractivity contribution in [3.63, 3.8) is 0 Å². The van der Waals surface area contributed by atoms with Gasteiger partial charge in [0.05, 0.1) is 6.54 Å². The van der Waals surface area contributed by atoms with E-state index in [1.165, 1.54) is 44.9 Å². The van der Waals surface area contributed by atoms with E-state index in [4.69, 9.17) is 0 Å². The Bertz CT molecular complexity index is 191. The fourth-order valence-corrected chi connectivity index (χ4v) is 2.30. The zero-order chi connectivity index (χ0) is 11.1. The molecule has 1 aliphatic rings. The molecule has 16 heavy (non-hydrogen) atoms. The van der Waals surface area contributed by atoms with Gasteiger partial charge in [-0.05, 0) is 19.9 Å². The molecule has 1 amide bonds. The smallest absolute Gasteiger partial charge is 0.236 e. The second-order valence-electron chi connectivity index (χ2n) is 4.53. The highest BCUT2D eigenvalue weighted by atomic mass is 35.5. The SMILES string of the molecule is CNCC(=O)N(C)C1CCCCCCC1.Cl. The molecule has 0 atom stereocenters. The number of amides is 1. The van der Waals surface area contributed by atoms with Crippen molar-refractivity contribution in [2.75, 3.05) is 20.6 Å². The van der Waals surface area contributed by atoms with Gasteiger partial charge in [0.15, 0.2) is 0 Å². The Kier molecular flexibility index (Phi) is 8.67. The lowest BCUT2D eigenvalue weighted by molar-refractivity contribution is -0.131. The highest BCUT2D eigenvalue weighted by Crippen LogP contribution is 2.20. The molecule has 0 aliphatic heterocycles. The first-order valence-electron chi connectivity index (χ1n) is 6.16. The molecule has 1 fully saturated rings. The van der Waals surface area contributed by atoms with Crippen LogP contribution in [-0.4, -0.2) is 37.5 Å². The van der Waals surface area contributed by atoms with E-state index < -0.39 is 0 Å². The zero-order valence-corrected chi connectivity index (χ0v) is 11.3. The molecule has 4 heteroatoms. The van der Waals surface area contributed by atoms with Crippen LogP contribution >= 0.6 is 12.4 Å². The topological polar surface area (TPSA) is 32.3 Å². The maximum Gasteiger partial charge on any atom is 0.236 e. The number of carbonyl (C=O) groups is 1. The molecule has 0 unspecified atom stereocenters. The minimum absolute atomic E-state index is 0. The van der Waals surface area contributed by atoms with Crippen molar-refractivity contribution in [3.8, 4) is 0 Å². The van der Waals surface area contributed by atoms with Crippen molar-refractivity contribution in [1.29, 1.82) is 0 Å². The Morgan fingerprint density at radius 3 is 2.19 bits per heavy atom. The maximum atomic E-state index is 11.7. The second kappa shape index (κ2) is 8.82. The summed E-state index contributed by atoms with van der Waals surface area (Å²) in [6, 6.07) is 0.478. The van der Waals surface area contributed by atoms with Gasteiger partial charge in [-0.25, -0.2) is 0 Å². The lowest BCUT2D eigenvalue weighted by Gasteiger charge is -2.29. The van der Waals surface area contributed by atoms with Crippen LogP contribution in [0.25, 0.3) is 0 Å². The monoisotopic (exact) mass is 248 g/mol. The van der Waals surface area contributed by atoms with Gasteiger partial charge >= 0.3 is 0 Å². The highest BCUT2D eigenvalue weighted by Gasteiger charge is 2.19. The van der Waals surface area contributed by atoms with E-state index in [1.54, 1.807) is 0 Å². The molecule has 1 N–H and O–H groups in total. The molecular weight excluding hydrogens is 224 g/mol. The van der Waals surface area contributed by atoms with Gasteiger partial charge < -0.3 is 10.2 Å². The van der Waals surface area contributed by atoms with E-state index in [0.717, 1.165) is 0 Å². The Morgan fingerprint density at radius 1 is 1.19 bits per heavy atom. The third-order valence-electron chi connectivity index (χ3n) is 3.34. The van der Waals surface area contributed by atoms with E-state index in [0.29, 0.717) is 12.6 Å². The molecule has 0 heterocycles. The summed E-state index contributed by atoms with van der Waals surface area (Å²) in [6.07, 6.45) is 8.98. The molecule has 1 rings (SSSR count). The Balaban J connectivity index is 0.00000225. The molecular formula is C12H25ClN2O. The first-order chi connectivity index (χ1) is 7.25. The third-order valence-corrected chi connectivity index (χ3v) is 3.34. The summed E-state index contributed by atoms with van der Waals surface area (Å²) in [6.45, 7) is 0.465. The second-order valence-corrected chi connectivity index (χ2v) is 4.53. The van der Waals surface area contributed by atoms with Crippen molar-refractivity contribution in [2.24, 2.45) is 0 Å². The fourth-order valence-electron chi connectivity index (χ4n) is 2.30. The maximum absolute atomic E-state index is 11.7. The molecule has 0 radical (unpaired) electrons. The summed E-state index contributed by atoms with van der Waals surface area (Å²) in [5.41, 5.74) is 0. The molecule has 3 nitrogen and oxygen atoms in total. The average Bonchev–Trinajstić information content (AvgIpc) is 2.16. The van der Waals surface area contributed by atoms with E-state index >= 15 is 0 Å². The molecule has 0 bridgehead atoms. The third kappa shape index (κ3) is 5.17. The van der Waals surface area contributed by atoms with E-state index in [2.05, 4.69) is 5.32 Å². The van der Waals surface area contributed by atoms with Gasteiger partial charge in [-0.2, -0.15) is 0 Å². The number of nitrogens with one attached hydrogen (secondary N) is 1. The number of nitrogens with zero attached hydrogens (tertiary/aromatic N) is 1. The lowest BCUT2D eigenvalue weighted by atomic mass is 9.96. The average molecular weight is 249 g/mol. The van der Waals surface area contributed by atoms with Gasteiger partial charge in [-0.3, -0.25) is 4.79 Å². The van der Waals surface area contributed by atoms with Crippen LogP contribution in [0.15, 0.2) is 0 Å². The Morgan fingerprint density at radius 2 is 1.69 bits per heavy atom. The van der Waals surface area contributed by atoms with Gasteiger partial charge in [0, 0.05) is 13.1 Å². The Hall–Kier alpha value is -0.280. The van der Waals surface area contributed by atoms with Crippen LogP contribution in [-0.2, 0) is 4.79 Å². The number of halogens is 1. The predicted octanol–water partition coefficient (Wildman–Crippen LogP) is 2.20. The standard InChI is InChI=1S/C12H24N2O.ClH/c1-13-10-12(15)14(2)11-8-6-4-3-5-7-9-11;/h11,13H,3-10H2,1-2H3;1H. The fraction of sp³-hybridized carbons (Fsp3) is 0.917.